The number of carboxylic acids is 1. The summed E-state index contributed by atoms with van der Waals surface area (Å²) < 4.78 is 0.0683. The van der Waals surface area contributed by atoms with Crippen LogP contribution in [0.1, 0.15) is 71.1 Å². The van der Waals surface area contributed by atoms with E-state index in [0.717, 1.165) is 12.8 Å². The minimum absolute atomic E-state index is 0.0683. The molecule has 108 valence electrons. The van der Waals surface area contributed by atoms with Gasteiger partial charge in [0.25, 0.3) is 0 Å². The third-order valence-electron chi connectivity index (χ3n) is 3.13. The largest absolute Gasteiger partial charge is 0.481 e. The van der Waals surface area contributed by atoms with Gasteiger partial charge in [0.05, 0.1) is 12.5 Å². The Labute approximate surface area is 124 Å². The first kappa shape index (κ1) is 18.2. The molecule has 2 atom stereocenters. The van der Waals surface area contributed by atoms with E-state index in [2.05, 4.69) is 29.5 Å². The van der Waals surface area contributed by atoms with Gasteiger partial charge in [-0.25, -0.2) is 0 Å². The second-order valence-electron chi connectivity index (χ2n) is 4.94. The first-order valence-electron chi connectivity index (χ1n) is 7.11. The summed E-state index contributed by atoms with van der Waals surface area (Å²) in [7, 11) is 0. The van der Waals surface area contributed by atoms with Gasteiger partial charge in [0, 0.05) is 3.92 Å². The van der Waals surface area contributed by atoms with E-state index in [1.165, 1.54) is 44.9 Å². The highest BCUT2D eigenvalue weighted by Gasteiger charge is 2.18. The van der Waals surface area contributed by atoms with Gasteiger partial charge in [-0.1, -0.05) is 80.9 Å². The Balaban J connectivity index is 3.34. The Bertz CT molecular complexity index is 209. The average Bonchev–Trinajstić information content (AvgIpc) is 2.31. The minimum Gasteiger partial charge on any atom is -0.481 e. The van der Waals surface area contributed by atoms with Crippen LogP contribution in [-0.2, 0) is 4.79 Å². The maximum Gasteiger partial charge on any atom is 0.306 e. The van der Waals surface area contributed by atoms with Crippen LogP contribution in [0.5, 0.6) is 0 Å². The van der Waals surface area contributed by atoms with Crippen LogP contribution in [0.15, 0.2) is 0 Å². The molecule has 0 aromatic rings. The number of hydrogen-bond donors (Lipinski definition) is 2. The summed E-state index contributed by atoms with van der Waals surface area (Å²) in [5, 5.41) is 18.2. The molecular weight excluding hydrogens is 343 g/mol. The van der Waals surface area contributed by atoms with Crippen molar-refractivity contribution >= 4 is 28.6 Å². The lowest BCUT2D eigenvalue weighted by Crippen LogP contribution is -2.23. The lowest BCUT2D eigenvalue weighted by molar-refractivity contribution is -0.139. The maximum absolute atomic E-state index is 10.5. The van der Waals surface area contributed by atoms with E-state index in [-0.39, 0.29) is 10.3 Å². The lowest BCUT2D eigenvalue weighted by Gasteiger charge is -2.15. The molecule has 0 bridgehead atoms. The van der Waals surface area contributed by atoms with Crippen molar-refractivity contribution in [2.45, 2.75) is 81.2 Å². The van der Waals surface area contributed by atoms with Gasteiger partial charge in [0.1, 0.15) is 0 Å². The van der Waals surface area contributed by atoms with Crippen LogP contribution in [-0.4, -0.2) is 26.2 Å². The van der Waals surface area contributed by atoms with Crippen LogP contribution < -0.4 is 0 Å². The number of rotatable bonds is 12. The molecule has 0 rings (SSSR count). The second kappa shape index (κ2) is 12.2. The van der Waals surface area contributed by atoms with E-state index in [1.807, 2.05) is 0 Å². The number of aliphatic hydroxyl groups excluding tert-OH is 1. The highest BCUT2D eigenvalue weighted by molar-refractivity contribution is 14.1. The van der Waals surface area contributed by atoms with Crippen LogP contribution in [0.4, 0.5) is 0 Å². The number of carboxylic acid groups (broad SMARTS) is 1. The SMILES string of the molecule is CCCCCCCCCCC(I)C(O)CC(=O)O. The molecule has 18 heavy (non-hydrogen) atoms. The fraction of sp³-hybridized carbons (Fsp3) is 0.929. The van der Waals surface area contributed by atoms with E-state index in [0.29, 0.717) is 0 Å². The molecule has 0 amide bonds. The molecule has 2 unspecified atom stereocenters. The van der Waals surface area contributed by atoms with Crippen molar-refractivity contribution in [1.29, 1.82) is 0 Å². The lowest BCUT2D eigenvalue weighted by atomic mass is 10.0. The first-order valence-corrected chi connectivity index (χ1v) is 8.36. The molecular formula is C14H27IO3. The molecule has 0 saturated heterocycles. The van der Waals surface area contributed by atoms with Crippen molar-refractivity contribution in [3.63, 3.8) is 0 Å². The zero-order valence-electron chi connectivity index (χ0n) is 11.4. The summed E-state index contributed by atoms with van der Waals surface area (Å²) in [5.74, 6) is -0.917. The first-order chi connectivity index (χ1) is 8.57. The zero-order valence-corrected chi connectivity index (χ0v) is 13.6. The van der Waals surface area contributed by atoms with Gasteiger partial charge in [-0.05, 0) is 6.42 Å². The van der Waals surface area contributed by atoms with Crippen molar-refractivity contribution in [2.24, 2.45) is 0 Å². The number of unbranched alkanes of at least 4 members (excludes halogenated alkanes) is 7. The van der Waals surface area contributed by atoms with Crippen LogP contribution in [0.3, 0.4) is 0 Å². The van der Waals surface area contributed by atoms with Crippen LogP contribution in [0.25, 0.3) is 0 Å². The second-order valence-corrected chi connectivity index (χ2v) is 6.54. The van der Waals surface area contributed by atoms with Crippen molar-refractivity contribution in [3.05, 3.63) is 0 Å². The third kappa shape index (κ3) is 11.3. The van der Waals surface area contributed by atoms with Gasteiger partial charge in [-0.2, -0.15) is 0 Å². The fourth-order valence-corrected chi connectivity index (χ4v) is 2.67. The van der Waals surface area contributed by atoms with Crippen LogP contribution >= 0.6 is 22.6 Å². The summed E-state index contributed by atoms with van der Waals surface area (Å²) in [4.78, 5) is 10.5. The molecule has 0 heterocycles. The highest BCUT2D eigenvalue weighted by atomic mass is 127. The van der Waals surface area contributed by atoms with Gasteiger partial charge in [0.2, 0.25) is 0 Å². The van der Waals surface area contributed by atoms with Crippen molar-refractivity contribution in [1.82, 2.24) is 0 Å². The van der Waals surface area contributed by atoms with E-state index >= 15 is 0 Å². The number of halogens is 1. The van der Waals surface area contributed by atoms with Gasteiger partial charge < -0.3 is 10.2 Å². The number of hydrogen-bond acceptors (Lipinski definition) is 2. The molecule has 0 aliphatic rings. The van der Waals surface area contributed by atoms with Gasteiger partial charge in [-0.15, -0.1) is 0 Å². The summed E-state index contributed by atoms with van der Waals surface area (Å²) in [6, 6.07) is 0. The van der Waals surface area contributed by atoms with Crippen molar-refractivity contribution in [3.8, 4) is 0 Å². The number of aliphatic carboxylic acids is 1. The van der Waals surface area contributed by atoms with E-state index in [1.54, 1.807) is 0 Å². The standard InChI is InChI=1S/C14H27IO3/c1-2-3-4-5-6-7-8-9-10-12(15)13(16)11-14(17)18/h12-13,16H,2-11H2,1H3,(H,17,18). The number of carbonyl (C=O) groups is 1. The predicted molar refractivity (Wildman–Crippen MR) is 83.3 cm³/mol. The molecule has 0 aromatic carbocycles. The summed E-state index contributed by atoms with van der Waals surface area (Å²) >= 11 is 2.17. The zero-order chi connectivity index (χ0) is 13.8. The van der Waals surface area contributed by atoms with E-state index in [9.17, 15) is 9.90 Å². The van der Waals surface area contributed by atoms with Gasteiger partial charge in [0.15, 0.2) is 0 Å². The predicted octanol–water partition coefficient (Wildman–Crippen LogP) is 4.16. The Hall–Kier alpha value is 0.160. The molecule has 0 aliphatic carbocycles. The van der Waals surface area contributed by atoms with Crippen molar-refractivity contribution in [2.75, 3.05) is 0 Å². The minimum atomic E-state index is -0.917. The molecule has 3 nitrogen and oxygen atoms in total. The molecule has 0 spiro atoms. The quantitative estimate of drug-likeness (QED) is 0.308. The highest BCUT2D eigenvalue weighted by Crippen LogP contribution is 2.18. The summed E-state index contributed by atoms with van der Waals surface area (Å²) in [6.45, 7) is 2.23. The average molecular weight is 370 g/mol. The van der Waals surface area contributed by atoms with E-state index < -0.39 is 12.1 Å². The monoisotopic (exact) mass is 370 g/mol. The van der Waals surface area contributed by atoms with Crippen LogP contribution in [0, 0.1) is 0 Å². The maximum atomic E-state index is 10.5. The Kier molecular flexibility index (Phi) is 12.3. The topological polar surface area (TPSA) is 57.5 Å². The molecule has 2 N–H and O–H groups in total. The summed E-state index contributed by atoms with van der Waals surface area (Å²) in [6.07, 6.45) is 10.3. The molecule has 0 saturated carbocycles. The fourth-order valence-electron chi connectivity index (χ4n) is 1.97. The third-order valence-corrected chi connectivity index (χ3v) is 4.59. The van der Waals surface area contributed by atoms with Gasteiger partial charge in [-0.3, -0.25) is 4.79 Å². The van der Waals surface area contributed by atoms with Crippen LogP contribution in [0.2, 0.25) is 0 Å². The Morgan fingerprint density at radius 1 is 1.06 bits per heavy atom. The normalized spacial score (nSPS) is 14.4. The molecule has 0 aromatic heterocycles. The molecule has 4 heteroatoms. The number of aliphatic hydroxyl groups is 1. The van der Waals surface area contributed by atoms with Crippen molar-refractivity contribution < 1.29 is 15.0 Å². The molecule has 0 radical (unpaired) electrons. The number of alkyl halides is 1. The van der Waals surface area contributed by atoms with Gasteiger partial charge >= 0.3 is 5.97 Å². The summed E-state index contributed by atoms with van der Waals surface area (Å²) in [5.41, 5.74) is 0. The Morgan fingerprint density at radius 3 is 2.06 bits per heavy atom. The smallest absolute Gasteiger partial charge is 0.306 e. The Morgan fingerprint density at radius 2 is 1.56 bits per heavy atom. The van der Waals surface area contributed by atoms with E-state index in [4.69, 9.17) is 5.11 Å². The molecule has 0 aliphatic heterocycles. The molecule has 0 fully saturated rings.